The van der Waals surface area contributed by atoms with Gasteiger partial charge in [-0.1, -0.05) is 36.4 Å². The van der Waals surface area contributed by atoms with Gasteiger partial charge in [0.2, 0.25) is 5.91 Å². The van der Waals surface area contributed by atoms with Gasteiger partial charge in [-0.05, 0) is 30.2 Å². The zero-order valence-electron chi connectivity index (χ0n) is 12.9. The molecule has 1 heterocycles. The van der Waals surface area contributed by atoms with Crippen LogP contribution in [0, 0.1) is 0 Å². The van der Waals surface area contributed by atoms with Gasteiger partial charge in [0, 0.05) is 13.1 Å². The number of H-pyrrole nitrogens is 1. The number of amides is 1. The lowest BCUT2D eigenvalue weighted by Crippen LogP contribution is -2.31. The number of nitrogens with zero attached hydrogens (tertiary/aromatic N) is 1. The highest BCUT2D eigenvalue weighted by Gasteiger charge is 2.13. The highest BCUT2D eigenvalue weighted by atomic mass is 16.4. The predicted octanol–water partition coefficient (Wildman–Crippen LogP) is 2.71. The maximum atomic E-state index is 12.5. The van der Waals surface area contributed by atoms with Gasteiger partial charge < -0.3 is 9.32 Å². The summed E-state index contributed by atoms with van der Waals surface area (Å²) in [6.07, 6.45) is 0.295. The Labute approximate surface area is 133 Å². The summed E-state index contributed by atoms with van der Waals surface area (Å²) >= 11 is 0. The van der Waals surface area contributed by atoms with Gasteiger partial charge in [-0.3, -0.25) is 9.78 Å². The van der Waals surface area contributed by atoms with Gasteiger partial charge in [0.15, 0.2) is 5.58 Å². The maximum absolute atomic E-state index is 12.5. The van der Waals surface area contributed by atoms with Crippen LogP contribution < -0.4 is 5.76 Å². The van der Waals surface area contributed by atoms with Gasteiger partial charge in [0.1, 0.15) is 0 Å². The Morgan fingerprint density at radius 1 is 1.13 bits per heavy atom. The molecule has 2 aromatic carbocycles. The summed E-state index contributed by atoms with van der Waals surface area (Å²) in [6, 6.07) is 15.2. The van der Waals surface area contributed by atoms with Crippen molar-refractivity contribution in [3.8, 4) is 0 Å². The maximum Gasteiger partial charge on any atom is 0.417 e. The van der Waals surface area contributed by atoms with Gasteiger partial charge in [0.05, 0.1) is 11.9 Å². The number of rotatable bonds is 5. The Hall–Kier alpha value is -2.82. The second-order valence-corrected chi connectivity index (χ2v) is 5.42. The fourth-order valence-corrected chi connectivity index (χ4v) is 2.58. The van der Waals surface area contributed by atoms with Gasteiger partial charge in [-0.2, -0.15) is 0 Å². The summed E-state index contributed by atoms with van der Waals surface area (Å²) in [5.41, 5.74) is 3.08. The summed E-state index contributed by atoms with van der Waals surface area (Å²) in [5, 5.41) is 0. The minimum Gasteiger partial charge on any atom is -0.408 e. The van der Waals surface area contributed by atoms with Crippen LogP contribution in [0.2, 0.25) is 0 Å². The number of fused-ring (bicyclic) bond motifs is 1. The molecule has 0 spiro atoms. The molecule has 0 fully saturated rings. The van der Waals surface area contributed by atoms with Crippen LogP contribution >= 0.6 is 0 Å². The van der Waals surface area contributed by atoms with Crippen molar-refractivity contribution in [3.63, 3.8) is 0 Å². The number of hydrogen-bond acceptors (Lipinski definition) is 3. The molecule has 1 N–H and O–H groups in total. The second-order valence-electron chi connectivity index (χ2n) is 5.42. The van der Waals surface area contributed by atoms with Crippen LogP contribution in [-0.4, -0.2) is 22.3 Å². The van der Waals surface area contributed by atoms with Crippen LogP contribution in [0.5, 0.6) is 0 Å². The molecule has 0 aliphatic heterocycles. The minimum atomic E-state index is -0.484. The first kappa shape index (κ1) is 15.1. The quantitative estimate of drug-likeness (QED) is 0.788. The number of hydrogen-bond donors (Lipinski definition) is 1. The van der Waals surface area contributed by atoms with E-state index in [4.69, 9.17) is 4.42 Å². The predicted molar refractivity (Wildman–Crippen MR) is 88.1 cm³/mol. The van der Waals surface area contributed by atoms with E-state index in [0.29, 0.717) is 30.6 Å². The molecule has 1 aromatic heterocycles. The van der Waals surface area contributed by atoms with E-state index in [1.165, 1.54) is 0 Å². The van der Waals surface area contributed by atoms with E-state index in [-0.39, 0.29) is 5.91 Å². The lowest BCUT2D eigenvalue weighted by atomic mass is 10.1. The van der Waals surface area contributed by atoms with E-state index in [9.17, 15) is 9.59 Å². The molecule has 0 bridgehead atoms. The molecule has 3 rings (SSSR count). The topological polar surface area (TPSA) is 66.3 Å². The summed E-state index contributed by atoms with van der Waals surface area (Å²) < 4.78 is 4.97. The molecule has 5 heteroatoms. The zero-order valence-corrected chi connectivity index (χ0v) is 12.9. The van der Waals surface area contributed by atoms with Crippen LogP contribution in [-0.2, 0) is 17.8 Å². The van der Waals surface area contributed by atoms with Crippen LogP contribution in [0.25, 0.3) is 11.1 Å². The summed E-state index contributed by atoms with van der Waals surface area (Å²) in [7, 11) is 0. The number of carbonyl (C=O) groups excluding carboxylic acids is 1. The standard InChI is InChI=1S/C18H18N2O3/c1-2-20(12-13-6-4-3-5-7-13)17(21)11-14-8-9-16-15(10-14)19-18(22)23-16/h3-10H,2,11-12H2,1H3,(H,19,22). The van der Waals surface area contributed by atoms with Gasteiger partial charge in [-0.25, -0.2) is 4.79 Å². The van der Waals surface area contributed by atoms with Crippen molar-refractivity contribution in [2.45, 2.75) is 19.9 Å². The molecule has 5 nitrogen and oxygen atoms in total. The molecule has 1 amide bonds. The van der Waals surface area contributed by atoms with Gasteiger partial charge >= 0.3 is 5.76 Å². The Kier molecular flexibility index (Phi) is 4.28. The number of likely N-dealkylation sites (N-methyl/N-ethyl adjacent to an activating group) is 1. The second kappa shape index (κ2) is 6.52. The fourth-order valence-electron chi connectivity index (χ4n) is 2.58. The highest BCUT2D eigenvalue weighted by Crippen LogP contribution is 2.14. The summed E-state index contributed by atoms with van der Waals surface area (Å²) in [5.74, 6) is -0.427. The Morgan fingerprint density at radius 2 is 1.91 bits per heavy atom. The molecule has 118 valence electrons. The molecule has 23 heavy (non-hydrogen) atoms. The molecule has 0 saturated carbocycles. The molecule has 0 radical (unpaired) electrons. The van der Waals surface area contributed by atoms with E-state index >= 15 is 0 Å². The van der Waals surface area contributed by atoms with Crippen molar-refractivity contribution in [1.29, 1.82) is 0 Å². The van der Waals surface area contributed by atoms with Crippen molar-refractivity contribution in [3.05, 3.63) is 70.2 Å². The first-order chi connectivity index (χ1) is 11.2. The lowest BCUT2D eigenvalue weighted by molar-refractivity contribution is -0.130. The highest BCUT2D eigenvalue weighted by molar-refractivity contribution is 5.81. The van der Waals surface area contributed by atoms with Crippen LogP contribution in [0.1, 0.15) is 18.1 Å². The van der Waals surface area contributed by atoms with Crippen molar-refractivity contribution >= 4 is 17.0 Å². The SMILES string of the molecule is CCN(Cc1ccccc1)C(=O)Cc1ccc2oc(=O)[nH]c2c1. The third kappa shape index (κ3) is 3.51. The van der Waals surface area contributed by atoms with E-state index in [2.05, 4.69) is 4.98 Å². The van der Waals surface area contributed by atoms with Crippen LogP contribution in [0.4, 0.5) is 0 Å². The molecular weight excluding hydrogens is 292 g/mol. The molecule has 0 aliphatic carbocycles. The Morgan fingerprint density at radius 3 is 2.65 bits per heavy atom. The number of oxazole rings is 1. The van der Waals surface area contributed by atoms with Crippen LogP contribution in [0.3, 0.4) is 0 Å². The average Bonchev–Trinajstić information content (AvgIpc) is 2.92. The molecule has 0 aliphatic rings. The first-order valence-corrected chi connectivity index (χ1v) is 7.59. The number of carbonyl (C=O) groups is 1. The molecular formula is C18H18N2O3. The van der Waals surface area contributed by atoms with Crippen molar-refractivity contribution in [2.75, 3.05) is 6.54 Å². The Bertz CT molecular complexity index is 865. The normalized spacial score (nSPS) is 10.8. The number of aromatic nitrogens is 1. The van der Waals surface area contributed by atoms with Gasteiger partial charge in [0.25, 0.3) is 0 Å². The van der Waals surface area contributed by atoms with Gasteiger partial charge in [-0.15, -0.1) is 0 Å². The monoisotopic (exact) mass is 310 g/mol. The average molecular weight is 310 g/mol. The zero-order chi connectivity index (χ0) is 16.2. The summed E-state index contributed by atoms with van der Waals surface area (Å²) in [6.45, 7) is 3.22. The number of aromatic amines is 1. The lowest BCUT2D eigenvalue weighted by Gasteiger charge is -2.21. The fraction of sp³-hybridized carbons (Fsp3) is 0.222. The minimum absolute atomic E-state index is 0.0570. The summed E-state index contributed by atoms with van der Waals surface area (Å²) in [4.78, 5) is 28.1. The van der Waals surface area contributed by atoms with Crippen LogP contribution in [0.15, 0.2) is 57.7 Å². The van der Waals surface area contributed by atoms with E-state index in [1.54, 1.807) is 12.1 Å². The third-order valence-electron chi connectivity index (χ3n) is 3.79. The third-order valence-corrected chi connectivity index (χ3v) is 3.79. The molecule has 0 saturated heterocycles. The number of benzene rings is 2. The van der Waals surface area contributed by atoms with E-state index < -0.39 is 5.76 Å². The van der Waals surface area contributed by atoms with Crippen molar-refractivity contribution < 1.29 is 9.21 Å². The van der Waals surface area contributed by atoms with E-state index in [0.717, 1.165) is 11.1 Å². The largest absolute Gasteiger partial charge is 0.417 e. The van der Waals surface area contributed by atoms with Crippen molar-refractivity contribution in [1.82, 2.24) is 9.88 Å². The first-order valence-electron chi connectivity index (χ1n) is 7.59. The Balaban J connectivity index is 1.73. The molecule has 0 unspecified atom stereocenters. The van der Waals surface area contributed by atoms with Crippen molar-refractivity contribution in [2.24, 2.45) is 0 Å². The molecule has 0 atom stereocenters. The van der Waals surface area contributed by atoms with E-state index in [1.807, 2.05) is 48.2 Å². The molecule has 3 aromatic rings. The number of nitrogens with one attached hydrogen (secondary N) is 1. The smallest absolute Gasteiger partial charge is 0.408 e.